The Kier molecular flexibility index (Phi) is 3.30. The van der Waals surface area contributed by atoms with Crippen LogP contribution in [-0.4, -0.2) is 11.7 Å². The minimum absolute atomic E-state index is 0.0815. The number of nitrogens with zero attached hydrogens (tertiary/aromatic N) is 1. The number of hydrogen-bond acceptors (Lipinski definition) is 2. The van der Waals surface area contributed by atoms with E-state index in [0.717, 1.165) is 18.5 Å². The van der Waals surface area contributed by atoms with Gasteiger partial charge < -0.3 is 5.32 Å². The average Bonchev–Trinajstić information content (AvgIpc) is 2.71. The molecule has 0 spiro atoms. The van der Waals surface area contributed by atoms with Crippen LogP contribution >= 0.6 is 0 Å². The van der Waals surface area contributed by atoms with Crippen molar-refractivity contribution in [3.63, 3.8) is 0 Å². The maximum atomic E-state index is 12.1. The Bertz CT molecular complexity index is 466. The lowest BCUT2D eigenvalue weighted by Gasteiger charge is -2.26. The molecule has 1 heterocycles. The van der Waals surface area contributed by atoms with Crippen molar-refractivity contribution in [3.05, 3.63) is 29.3 Å². The van der Waals surface area contributed by atoms with E-state index in [0.29, 0.717) is 0 Å². The molecule has 1 fully saturated rings. The van der Waals surface area contributed by atoms with Gasteiger partial charge in [0.05, 0.1) is 5.69 Å². The van der Waals surface area contributed by atoms with Crippen molar-refractivity contribution < 1.29 is 4.79 Å². The number of anilines is 1. The number of urea groups is 1. The van der Waals surface area contributed by atoms with Gasteiger partial charge in [0.15, 0.2) is 0 Å². The van der Waals surface area contributed by atoms with Crippen molar-refractivity contribution in [2.24, 2.45) is 0 Å². The van der Waals surface area contributed by atoms with Crippen LogP contribution in [0.1, 0.15) is 37.8 Å². The molecule has 98 valence electrons. The molecule has 0 atom stereocenters. The minimum Gasteiger partial charge on any atom is -0.317 e. The summed E-state index contributed by atoms with van der Waals surface area (Å²) in [5.74, 6) is 0. The molecule has 1 aromatic carbocycles. The van der Waals surface area contributed by atoms with E-state index in [9.17, 15) is 4.79 Å². The fourth-order valence-electron chi connectivity index (χ4n) is 2.18. The van der Waals surface area contributed by atoms with E-state index in [1.54, 1.807) is 5.01 Å². The smallest absolute Gasteiger partial charge is 0.317 e. The maximum absolute atomic E-state index is 12.1. The third-order valence-corrected chi connectivity index (χ3v) is 3.83. The van der Waals surface area contributed by atoms with E-state index >= 15 is 0 Å². The van der Waals surface area contributed by atoms with Crippen molar-refractivity contribution in [1.29, 1.82) is 0 Å². The zero-order valence-electron chi connectivity index (χ0n) is 11.5. The van der Waals surface area contributed by atoms with Gasteiger partial charge in [-0.25, -0.2) is 15.2 Å². The van der Waals surface area contributed by atoms with Crippen molar-refractivity contribution in [3.8, 4) is 0 Å². The van der Waals surface area contributed by atoms with Gasteiger partial charge in [0.25, 0.3) is 0 Å². The van der Waals surface area contributed by atoms with Gasteiger partial charge in [-0.3, -0.25) is 0 Å². The SMILES string of the molecule is CCC1(CC)NC(=O)N(c2ccc(C)c(C)c2)N1. The van der Waals surface area contributed by atoms with Crippen molar-refractivity contribution >= 4 is 11.7 Å². The van der Waals surface area contributed by atoms with E-state index in [1.165, 1.54) is 11.1 Å². The van der Waals surface area contributed by atoms with Crippen LogP contribution in [0.4, 0.5) is 10.5 Å². The Labute approximate surface area is 108 Å². The molecule has 1 aliphatic rings. The van der Waals surface area contributed by atoms with Gasteiger partial charge in [0, 0.05) is 0 Å². The molecule has 4 heteroatoms. The van der Waals surface area contributed by atoms with Gasteiger partial charge in [-0.15, -0.1) is 0 Å². The molecule has 2 amide bonds. The van der Waals surface area contributed by atoms with Crippen LogP contribution in [0.5, 0.6) is 0 Å². The molecule has 1 aromatic rings. The lowest BCUT2D eigenvalue weighted by molar-refractivity contribution is 0.244. The Morgan fingerprint density at radius 1 is 1.17 bits per heavy atom. The van der Waals surface area contributed by atoms with Gasteiger partial charge in [-0.05, 0) is 49.9 Å². The van der Waals surface area contributed by atoms with Gasteiger partial charge in [0.1, 0.15) is 5.66 Å². The fourth-order valence-corrected chi connectivity index (χ4v) is 2.18. The normalized spacial score (nSPS) is 18.0. The standard InChI is InChI=1S/C14H21N3O/c1-5-14(6-2)15-13(18)17(16-14)12-8-7-10(3)11(4)9-12/h7-9,16H,5-6H2,1-4H3,(H,15,18). The number of carbonyl (C=O) groups is 1. The summed E-state index contributed by atoms with van der Waals surface area (Å²) in [4.78, 5) is 12.1. The van der Waals surface area contributed by atoms with E-state index in [-0.39, 0.29) is 11.7 Å². The molecular formula is C14H21N3O. The number of rotatable bonds is 3. The average molecular weight is 247 g/mol. The summed E-state index contributed by atoms with van der Waals surface area (Å²) in [5.41, 5.74) is 6.29. The third-order valence-electron chi connectivity index (χ3n) is 3.83. The number of carbonyl (C=O) groups excluding carboxylic acids is 1. The van der Waals surface area contributed by atoms with E-state index in [4.69, 9.17) is 0 Å². The van der Waals surface area contributed by atoms with Gasteiger partial charge >= 0.3 is 6.03 Å². The molecule has 0 radical (unpaired) electrons. The van der Waals surface area contributed by atoms with Gasteiger partial charge in [-0.2, -0.15) is 0 Å². The highest BCUT2D eigenvalue weighted by Gasteiger charge is 2.39. The second-order valence-corrected chi connectivity index (χ2v) is 4.94. The summed E-state index contributed by atoms with van der Waals surface area (Å²) >= 11 is 0. The highest BCUT2D eigenvalue weighted by Crippen LogP contribution is 2.24. The summed E-state index contributed by atoms with van der Waals surface area (Å²) in [7, 11) is 0. The lowest BCUT2D eigenvalue weighted by Crippen LogP contribution is -2.50. The van der Waals surface area contributed by atoms with Crippen LogP contribution in [-0.2, 0) is 0 Å². The predicted molar refractivity (Wildman–Crippen MR) is 73.4 cm³/mol. The Hall–Kier alpha value is -1.55. The zero-order chi connectivity index (χ0) is 13.3. The molecule has 0 saturated carbocycles. The monoisotopic (exact) mass is 247 g/mol. The van der Waals surface area contributed by atoms with E-state index in [2.05, 4.69) is 38.4 Å². The molecule has 2 N–H and O–H groups in total. The largest absolute Gasteiger partial charge is 0.338 e. The molecule has 0 unspecified atom stereocenters. The first-order valence-corrected chi connectivity index (χ1v) is 6.48. The van der Waals surface area contributed by atoms with Crippen molar-refractivity contribution in [2.45, 2.75) is 46.2 Å². The fraction of sp³-hybridized carbons (Fsp3) is 0.500. The number of hydrogen-bond donors (Lipinski definition) is 2. The summed E-state index contributed by atoms with van der Waals surface area (Å²) in [6.07, 6.45) is 1.72. The summed E-state index contributed by atoms with van der Waals surface area (Å²) < 4.78 is 0. The molecule has 2 rings (SSSR count). The Balaban J connectivity index is 2.29. The third kappa shape index (κ3) is 2.08. The second kappa shape index (κ2) is 4.61. The first-order chi connectivity index (χ1) is 8.51. The first kappa shape index (κ1) is 12.9. The van der Waals surface area contributed by atoms with Crippen molar-refractivity contribution in [2.75, 3.05) is 5.01 Å². The summed E-state index contributed by atoms with van der Waals surface area (Å²) in [6, 6.07) is 5.96. The van der Waals surface area contributed by atoms with Crippen LogP contribution < -0.4 is 15.8 Å². The van der Waals surface area contributed by atoms with E-state index < -0.39 is 0 Å². The van der Waals surface area contributed by atoms with Crippen LogP contribution in [0, 0.1) is 13.8 Å². The number of aryl methyl sites for hydroxylation is 2. The van der Waals surface area contributed by atoms with Crippen LogP contribution in [0.25, 0.3) is 0 Å². The van der Waals surface area contributed by atoms with Crippen molar-refractivity contribution in [1.82, 2.24) is 10.7 Å². The molecular weight excluding hydrogens is 226 g/mol. The highest BCUT2D eigenvalue weighted by molar-refractivity contribution is 5.93. The molecule has 0 bridgehead atoms. The molecule has 0 aromatic heterocycles. The summed E-state index contributed by atoms with van der Waals surface area (Å²) in [5, 5.41) is 4.64. The number of benzene rings is 1. The van der Waals surface area contributed by atoms with E-state index in [1.807, 2.05) is 18.2 Å². The Morgan fingerprint density at radius 2 is 1.83 bits per heavy atom. The molecule has 4 nitrogen and oxygen atoms in total. The minimum atomic E-state index is -0.310. The first-order valence-electron chi connectivity index (χ1n) is 6.48. The van der Waals surface area contributed by atoms with Gasteiger partial charge in [-0.1, -0.05) is 19.9 Å². The lowest BCUT2D eigenvalue weighted by atomic mass is 10.1. The molecule has 1 aliphatic heterocycles. The number of amides is 2. The predicted octanol–water partition coefficient (Wildman–Crippen LogP) is 2.85. The number of hydrazine groups is 1. The topological polar surface area (TPSA) is 44.4 Å². The molecule has 0 aliphatic carbocycles. The summed E-state index contributed by atoms with van der Waals surface area (Å²) in [6.45, 7) is 8.26. The van der Waals surface area contributed by atoms with Crippen LogP contribution in [0.2, 0.25) is 0 Å². The number of nitrogens with one attached hydrogen (secondary N) is 2. The molecule has 18 heavy (non-hydrogen) atoms. The quantitative estimate of drug-likeness (QED) is 0.862. The molecule has 1 saturated heterocycles. The van der Waals surface area contributed by atoms with Crippen LogP contribution in [0.15, 0.2) is 18.2 Å². The van der Waals surface area contributed by atoms with Crippen LogP contribution in [0.3, 0.4) is 0 Å². The van der Waals surface area contributed by atoms with Gasteiger partial charge in [0.2, 0.25) is 0 Å². The maximum Gasteiger partial charge on any atom is 0.338 e. The highest BCUT2D eigenvalue weighted by atomic mass is 16.2. The second-order valence-electron chi connectivity index (χ2n) is 4.94. The Morgan fingerprint density at radius 3 is 2.33 bits per heavy atom. The zero-order valence-corrected chi connectivity index (χ0v) is 11.5.